The Labute approximate surface area is 133 Å². The first-order chi connectivity index (χ1) is 10.2. The summed E-state index contributed by atoms with van der Waals surface area (Å²) in [6, 6.07) is 0.444. The van der Waals surface area contributed by atoms with Crippen molar-refractivity contribution in [2.45, 2.75) is 50.8 Å². The Hall–Kier alpha value is -0.740. The van der Waals surface area contributed by atoms with Gasteiger partial charge in [0.05, 0.1) is 18.4 Å². The molecule has 2 aliphatic rings. The van der Waals surface area contributed by atoms with E-state index in [4.69, 9.17) is 9.84 Å². The second-order valence-corrected chi connectivity index (χ2v) is 6.84. The first-order valence-corrected chi connectivity index (χ1v) is 9.23. The topological polar surface area (TPSA) is 24.8 Å². The summed E-state index contributed by atoms with van der Waals surface area (Å²) in [5.74, 6) is 0. The number of hydrogen-bond donors (Lipinski definition) is 0. The molecule has 2 atom stereocenters. The molecule has 1 fully saturated rings. The van der Waals surface area contributed by atoms with E-state index in [0.717, 1.165) is 26.0 Å². The third-order valence-electron chi connectivity index (χ3n) is 4.38. The third kappa shape index (κ3) is 3.92. The van der Waals surface area contributed by atoms with Gasteiger partial charge in [-0.3, -0.25) is 5.01 Å². The molecule has 0 radical (unpaired) electrons. The summed E-state index contributed by atoms with van der Waals surface area (Å²) in [4.78, 5) is 0. The molecule has 1 saturated heterocycles. The first-order valence-electron chi connectivity index (χ1n) is 7.94. The van der Waals surface area contributed by atoms with Gasteiger partial charge in [0.15, 0.2) is 0 Å². The molecule has 118 valence electrons. The van der Waals surface area contributed by atoms with Gasteiger partial charge in [0.1, 0.15) is 0 Å². The van der Waals surface area contributed by atoms with Crippen LogP contribution in [0.5, 0.6) is 0 Å². The summed E-state index contributed by atoms with van der Waals surface area (Å²) in [7, 11) is 1.78. The van der Waals surface area contributed by atoms with Crippen LogP contribution >= 0.6 is 11.8 Å². The van der Waals surface area contributed by atoms with Crippen LogP contribution in [0.4, 0.5) is 0 Å². The number of hydrazone groups is 1. The third-order valence-corrected chi connectivity index (χ3v) is 5.50. The van der Waals surface area contributed by atoms with Crippen LogP contribution in [-0.4, -0.2) is 48.5 Å². The van der Waals surface area contributed by atoms with E-state index < -0.39 is 0 Å². The van der Waals surface area contributed by atoms with E-state index in [1.165, 1.54) is 29.7 Å². The van der Waals surface area contributed by atoms with E-state index in [0.29, 0.717) is 11.3 Å². The van der Waals surface area contributed by atoms with Gasteiger partial charge >= 0.3 is 0 Å². The van der Waals surface area contributed by atoms with Crippen molar-refractivity contribution in [3.8, 4) is 0 Å². The molecule has 21 heavy (non-hydrogen) atoms. The molecule has 0 bridgehead atoms. The SMILES string of the molecule is CCC(SC)/C(=N/N1CCCC1COC)C1=C(C)C=CC1. The van der Waals surface area contributed by atoms with Crippen molar-refractivity contribution in [3.63, 3.8) is 0 Å². The fraction of sp³-hybridized carbons (Fsp3) is 0.706. The minimum Gasteiger partial charge on any atom is -0.382 e. The minimum absolute atomic E-state index is 0.444. The van der Waals surface area contributed by atoms with Gasteiger partial charge in [-0.15, -0.1) is 0 Å². The van der Waals surface area contributed by atoms with Crippen molar-refractivity contribution in [3.05, 3.63) is 23.3 Å². The standard InChI is InChI=1S/C17H28N2OS/c1-5-16(21-4)17(15-10-6-8-13(15)2)18-19-11-7-9-14(19)12-20-3/h6,8,14,16H,5,7,9-12H2,1-4H3/b18-17+. The van der Waals surface area contributed by atoms with Crippen LogP contribution in [0.3, 0.4) is 0 Å². The lowest BCUT2D eigenvalue weighted by Crippen LogP contribution is -2.32. The van der Waals surface area contributed by atoms with Crippen LogP contribution in [0.25, 0.3) is 0 Å². The quantitative estimate of drug-likeness (QED) is 0.667. The molecule has 3 nitrogen and oxygen atoms in total. The van der Waals surface area contributed by atoms with Crippen molar-refractivity contribution in [1.82, 2.24) is 5.01 Å². The van der Waals surface area contributed by atoms with Gasteiger partial charge in [-0.1, -0.05) is 19.1 Å². The molecule has 0 N–H and O–H groups in total. The zero-order chi connectivity index (χ0) is 15.2. The summed E-state index contributed by atoms with van der Waals surface area (Å²) >= 11 is 1.91. The smallest absolute Gasteiger partial charge is 0.0772 e. The molecule has 1 aliphatic heterocycles. The van der Waals surface area contributed by atoms with E-state index in [-0.39, 0.29) is 0 Å². The Morgan fingerprint density at radius 2 is 2.38 bits per heavy atom. The van der Waals surface area contributed by atoms with Gasteiger partial charge in [0.25, 0.3) is 0 Å². The lowest BCUT2D eigenvalue weighted by atomic mass is 10.0. The van der Waals surface area contributed by atoms with Crippen LogP contribution in [0.1, 0.15) is 39.5 Å². The Bertz CT molecular complexity index is 438. The highest BCUT2D eigenvalue weighted by Gasteiger charge is 2.27. The molecule has 0 aromatic heterocycles. The second kappa shape index (κ2) is 8.04. The van der Waals surface area contributed by atoms with Crippen LogP contribution in [0, 0.1) is 0 Å². The number of nitrogens with zero attached hydrogens (tertiary/aromatic N) is 2. The largest absolute Gasteiger partial charge is 0.382 e. The number of hydrogen-bond acceptors (Lipinski definition) is 4. The molecule has 0 saturated carbocycles. The van der Waals surface area contributed by atoms with Crippen molar-refractivity contribution >= 4 is 17.5 Å². The molecule has 0 spiro atoms. The summed E-state index contributed by atoms with van der Waals surface area (Å²) in [6.45, 7) is 6.30. The van der Waals surface area contributed by atoms with E-state index >= 15 is 0 Å². The molecule has 0 aromatic rings. The Morgan fingerprint density at radius 3 is 2.95 bits per heavy atom. The number of rotatable bonds is 7. The highest BCUT2D eigenvalue weighted by atomic mass is 32.2. The van der Waals surface area contributed by atoms with Crippen LogP contribution in [-0.2, 0) is 4.74 Å². The maximum Gasteiger partial charge on any atom is 0.0772 e. The van der Waals surface area contributed by atoms with Crippen LogP contribution in [0.2, 0.25) is 0 Å². The average Bonchev–Trinajstić information content (AvgIpc) is 3.09. The first kappa shape index (κ1) is 16.6. The lowest BCUT2D eigenvalue weighted by molar-refractivity contribution is 0.118. The fourth-order valence-electron chi connectivity index (χ4n) is 3.16. The summed E-state index contributed by atoms with van der Waals surface area (Å²) in [5, 5.41) is 7.86. The average molecular weight is 308 g/mol. The van der Waals surface area contributed by atoms with E-state index in [1.54, 1.807) is 7.11 Å². The van der Waals surface area contributed by atoms with Gasteiger partial charge in [-0.05, 0) is 50.0 Å². The molecular formula is C17H28N2OS. The minimum atomic E-state index is 0.444. The van der Waals surface area contributed by atoms with Crippen LogP contribution in [0.15, 0.2) is 28.4 Å². The van der Waals surface area contributed by atoms with Gasteiger partial charge < -0.3 is 4.74 Å². The second-order valence-electron chi connectivity index (χ2n) is 5.80. The molecule has 1 heterocycles. The summed E-state index contributed by atoms with van der Waals surface area (Å²) < 4.78 is 5.36. The predicted octanol–water partition coefficient (Wildman–Crippen LogP) is 3.87. The number of allylic oxidation sites excluding steroid dienone is 4. The van der Waals surface area contributed by atoms with Gasteiger partial charge in [0, 0.05) is 18.9 Å². The zero-order valence-electron chi connectivity index (χ0n) is 13.8. The molecule has 0 amide bonds. The Balaban J connectivity index is 2.26. The van der Waals surface area contributed by atoms with Crippen molar-refractivity contribution < 1.29 is 4.74 Å². The van der Waals surface area contributed by atoms with Gasteiger partial charge in [0.2, 0.25) is 0 Å². The molecule has 0 aromatic carbocycles. The predicted molar refractivity (Wildman–Crippen MR) is 93.1 cm³/mol. The highest BCUT2D eigenvalue weighted by Crippen LogP contribution is 2.28. The maximum atomic E-state index is 5.36. The monoisotopic (exact) mass is 308 g/mol. The van der Waals surface area contributed by atoms with Crippen molar-refractivity contribution in [2.24, 2.45) is 5.10 Å². The lowest BCUT2D eigenvalue weighted by Gasteiger charge is -2.25. The van der Waals surface area contributed by atoms with E-state index in [1.807, 2.05) is 11.8 Å². The number of thioether (sulfide) groups is 1. The Kier molecular flexibility index (Phi) is 6.37. The fourth-order valence-corrected chi connectivity index (χ4v) is 3.91. The van der Waals surface area contributed by atoms with Gasteiger partial charge in [-0.25, -0.2) is 0 Å². The number of ether oxygens (including phenoxy) is 1. The zero-order valence-corrected chi connectivity index (χ0v) is 14.6. The molecular weight excluding hydrogens is 280 g/mol. The Morgan fingerprint density at radius 1 is 1.57 bits per heavy atom. The molecule has 1 aliphatic carbocycles. The van der Waals surface area contributed by atoms with Crippen molar-refractivity contribution in [1.29, 1.82) is 0 Å². The number of methoxy groups -OCH3 is 1. The molecule has 2 rings (SSSR count). The van der Waals surface area contributed by atoms with E-state index in [2.05, 4.69) is 37.3 Å². The maximum absolute atomic E-state index is 5.36. The normalized spacial score (nSPS) is 24.3. The molecule has 2 unspecified atom stereocenters. The van der Waals surface area contributed by atoms with Gasteiger partial charge in [-0.2, -0.15) is 16.9 Å². The summed E-state index contributed by atoms with van der Waals surface area (Å²) in [6.07, 6.45) is 11.2. The van der Waals surface area contributed by atoms with E-state index in [9.17, 15) is 0 Å². The molecule has 4 heteroatoms. The summed E-state index contributed by atoms with van der Waals surface area (Å²) in [5.41, 5.74) is 4.10. The highest BCUT2D eigenvalue weighted by molar-refractivity contribution is 8.00. The van der Waals surface area contributed by atoms with Crippen LogP contribution < -0.4 is 0 Å². The van der Waals surface area contributed by atoms with Crippen molar-refractivity contribution in [2.75, 3.05) is 26.5 Å².